The van der Waals surface area contributed by atoms with Crippen LogP contribution in [0.25, 0.3) is 11.4 Å². The average molecular weight is 275 g/mol. The molecule has 0 spiro atoms. The molecule has 0 aromatic carbocycles. The van der Waals surface area contributed by atoms with Crippen LogP contribution in [0.1, 0.15) is 0 Å². The highest BCUT2D eigenvalue weighted by Gasteiger charge is 2.11. The maximum atomic E-state index is 5.75. The molecule has 0 unspecified atom stereocenters. The second-order valence-electron chi connectivity index (χ2n) is 2.58. The normalized spacial score (nSPS) is 10.5. The van der Waals surface area contributed by atoms with Gasteiger partial charge in [0.1, 0.15) is 17.2 Å². The fraction of sp³-hybridized carbons (Fsp3) is 0.143. The van der Waals surface area contributed by atoms with Crippen molar-refractivity contribution in [2.24, 2.45) is 7.05 Å². The van der Waals surface area contributed by atoms with Crippen LogP contribution in [0, 0.1) is 0 Å². The fourth-order valence-electron chi connectivity index (χ4n) is 1.07. The SMILES string of the molecule is Cn1nnc(Br)c1-c1cc(Cl)ncn1. The van der Waals surface area contributed by atoms with Gasteiger partial charge in [0, 0.05) is 13.1 Å². The number of halogens is 2. The second kappa shape index (κ2) is 3.62. The molecule has 7 heteroatoms. The van der Waals surface area contributed by atoms with E-state index in [0.717, 1.165) is 5.69 Å². The summed E-state index contributed by atoms with van der Waals surface area (Å²) in [6.07, 6.45) is 1.40. The predicted octanol–water partition coefficient (Wildman–Crippen LogP) is 1.69. The van der Waals surface area contributed by atoms with Crippen LogP contribution >= 0.6 is 27.5 Å². The summed E-state index contributed by atoms with van der Waals surface area (Å²) in [6, 6.07) is 1.66. The lowest BCUT2D eigenvalue weighted by atomic mass is 10.3. The van der Waals surface area contributed by atoms with Gasteiger partial charge in [-0.15, -0.1) is 5.10 Å². The summed E-state index contributed by atoms with van der Waals surface area (Å²) in [7, 11) is 1.78. The maximum Gasteiger partial charge on any atom is 0.157 e. The van der Waals surface area contributed by atoms with Crippen molar-refractivity contribution in [3.63, 3.8) is 0 Å². The zero-order chi connectivity index (χ0) is 10.1. The van der Waals surface area contributed by atoms with Crippen LogP contribution in [0.4, 0.5) is 0 Å². The molecule has 2 heterocycles. The van der Waals surface area contributed by atoms with Crippen molar-refractivity contribution >= 4 is 27.5 Å². The summed E-state index contributed by atoms with van der Waals surface area (Å²) < 4.78 is 2.25. The highest BCUT2D eigenvalue weighted by Crippen LogP contribution is 2.24. The molecule has 0 N–H and O–H groups in total. The quantitative estimate of drug-likeness (QED) is 0.743. The maximum absolute atomic E-state index is 5.75. The van der Waals surface area contributed by atoms with E-state index in [1.807, 2.05) is 0 Å². The van der Waals surface area contributed by atoms with Crippen LogP contribution in [-0.4, -0.2) is 25.0 Å². The summed E-state index contributed by atoms with van der Waals surface area (Å²) in [6.45, 7) is 0. The Balaban J connectivity index is 2.59. The first kappa shape index (κ1) is 9.54. The van der Waals surface area contributed by atoms with Gasteiger partial charge in [-0.2, -0.15) is 0 Å². The molecule has 0 amide bonds. The zero-order valence-corrected chi connectivity index (χ0v) is 9.49. The van der Waals surface area contributed by atoms with Crippen LogP contribution in [0.3, 0.4) is 0 Å². The third-order valence-corrected chi connectivity index (χ3v) is 2.40. The fourth-order valence-corrected chi connectivity index (χ4v) is 1.74. The molecule has 0 fully saturated rings. The van der Waals surface area contributed by atoms with Gasteiger partial charge in [-0.3, -0.25) is 0 Å². The van der Waals surface area contributed by atoms with E-state index in [9.17, 15) is 0 Å². The molecule has 2 rings (SSSR count). The van der Waals surface area contributed by atoms with Crippen molar-refractivity contribution in [3.05, 3.63) is 22.1 Å². The van der Waals surface area contributed by atoms with Gasteiger partial charge in [0.05, 0.1) is 5.69 Å². The van der Waals surface area contributed by atoms with E-state index in [1.165, 1.54) is 6.33 Å². The van der Waals surface area contributed by atoms with Crippen LogP contribution in [0.15, 0.2) is 17.0 Å². The van der Waals surface area contributed by atoms with Crippen molar-refractivity contribution in [2.75, 3.05) is 0 Å². The van der Waals surface area contributed by atoms with Gasteiger partial charge in [0.15, 0.2) is 4.60 Å². The average Bonchev–Trinajstić information content (AvgIpc) is 2.46. The predicted molar refractivity (Wildman–Crippen MR) is 54.7 cm³/mol. The van der Waals surface area contributed by atoms with Crippen LogP contribution in [0.2, 0.25) is 5.15 Å². The van der Waals surface area contributed by atoms with Gasteiger partial charge >= 0.3 is 0 Å². The summed E-state index contributed by atoms with van der Waals surface area (Å²) in [5.74, 6) is 0. The van der Waals surface area contributed by atoms with Crippen molar-refractivity contribution in [2.45, 2.75) is 0 Å². The third kappa shape index (κ3) is 1.62. The van der Waals surface area contributed by atoms with Crippen molar-refractivity contribution in [1.29, 1.82) is 0 Å². The monoisotopic (exact) mass is 273 g/mol. The van der Waals surface area contributed by atoms with E-state index < -0.39 is 0 Å². The molecule has 2 aromatic rings. The van der Waals surface area contributed by atoms with Gasteiger partial charge in [-0.05, 0) is 15.9 Å². The van der Waals surface area contributed by atoms with Gasteiger partial charge in [-0.25, -0.2) is 14.6 Å². The van der Waals surface area contributed by atoms with E-state index in [-0.39, 0.29) is 0 Å². The third-order valence-electron chi connectivity index (χ3n) is 1.66. The summed E-state index contributed by atoms with van der Waals surface area (Å²) in [5.41, 5.74) is 1.46. The Morgan fingerprint density at radius 2 is 2.21 bits per heavy atom. The van der Waals surface area contributed by atoms with Gasteiger partial charge < -0.3 is 0 Å². The van der Waals surface area contributed by atoms with E-state index in [2.05, 4.69) is 36.2 Å². The summed E-state index contributed by atoms with van der Waals surface area (Å²) >= 11 is 9.03. The highest BCUT2D eigenvalue weighted by atomic mass is 79.9. The highest BCUT2D eigenvalue weighted by molar-refractivity contribution is 9.10. The molecule has 72 valence electrons. The lowest BCUT2D eigenvalue weighted by Gasteiger charge is -1.99. The molecular weight excluding hydrogens is 269 g/mol. The molecule has 0 aliphatic heterocycles. The number of rotatable bonds is 1. The van der Waals surface area contributed by atoms with Crippen molar-refractivity contribution in [1.82, 2.24) is 25.0 Å². The van der Waals surface area contributed by atoms with E-state index in [4.69, 9.17) is 11.6 Å². The first-order valence-electron chi connectivity index (χ1n) is 3.71. The molecule has 14 heavy (non-hydrogen) atoms. The first-order valence-corrected chi connectivity index (χ1v) is 4.88. The molecule has 0 bridgehead atoms. The minimum absolute atomic E-state index is 0.392. The Morgan fingerprint density at radius 1 is 1.43 bits per heavy atom. The number of hydrogen-bond donors (Lipinski definition) is 0. The second-order valence-corrected chi connectivity index (χ2v) is 3.72. The molecular formula is C7H5BrClN5. The van der Waals surface area contributed by atoms with Gasteiger partial charge in [0.25, 0.3) is 0 Å². The number of aromatic nitrogens is 5. The standard InChI is InChI=1S/C7H5BrClN5/c1-14-6(7(8)12-13-14)4-2-5(9)11-3-10-4/h2-3H,1H3. The van der Waals surface area contributed by atoms with Crippen LogP contribution in [-0.2, 0) is 7.05 Å². The molecule has 0 aliphatic rings. The lowest BCUT2D eigenvalue weighted by Crippen LogP contribution is -1.96. The van der Waals surface area contributed by atoms with Crippen LogP contribution in [0.5, 0.6) is 0 Å². The Bertz CT molecular complexity index is 449. The Kier molecular flexibility index (Phi) is 2.47. The van der Waals surface area contributed by atoms with Gasteiger partial charge in [-0.1, -0.05) is 16.8 Å². The first-order chi connectivity index (χ1) is 6.68. The number of hydrogen-bond acceptors (Lipinski definition) is 4. The summed E-state index contributed by atoms with van der Waals surface area (Å²) in [5, 5.41) is 8.08. The van der Waals surface area contributed by atoms with E-state index in [0.29, 0.717) is 15.5 Å². The molecule has 0 saturated carbocycles. The molecule has 0 aliphatic carbocycles. The Labute approximate surface area is 93.3 Å². The summed E-state index contributed by atoms with van der Waals surface area (Å²) in [4.78, 5) is 7.88. The minimum Gasteiger partial charge on any atom is -0.245 e. The molecule has 0 radical (unpaired) electrons. The number of aryl methyl sites for hydroxylation is 1. The smallest absolute Gasteiger partial charge is 0.157 e. The molecule has 2 aromatic heterocycles. The Morgan fingerprint density at radius 3 is 2.79 bits per heavy atom. The largest absolute Gasteiger partial charge is 0.245 e. The minimum atomic E-state index is 0.392. The molecule has 0 saturated heterocycles. The topological polar surface area (TPSA) is 56.5 Å². The van der Waals surface area contributed by atoms with Gasteiger partial charge in [0.2, 0.25) is 0 Å². The lowest BCUT2D eigenvalue weighted by molar-refractivity contribution is 0.718. The number of nitrogens with zero attached hydrogens (tertiary/aromatic N) is 5. The molecule has 0 atom stereocenters. The Hall–Kier alpha value is -1.01. The molecule has 5 nitrogen and oxygen atoms in total. The van der Waals surface area contributed by atoms with E-state index >= 15 is 0 Å². The van der Waals surface area contributed by atoms with Crippen molar-refractivity contribution in [3.8, 4) is 11.4 Å². The van der Waals surface area contributed by atoms with E-state index in [1.54, 1.807) is 17.8 Å². The zero-order valence-electron chi connectivity index (χ0n) is 7.15. The van der Waals surface area contributed by atoms with Crippen LogP contribution < -0.4 is 0 Å². The van der Waals surface area contributed by atoms with Crippen molar-refractivity contribution < 1.29 is 0 Å².